The van der Waals surface area contributed by atoms with Gasteiger partial charge in [0, 0.05) is 5.40 Å². The van der Waals surface area contributed by atoms with E-state index >= 15 is 0 Å². The summed E-state index contributed by atoms with van der Waals surface area (Å²) in [6, 6.07) is 22.7. The summed E-state index contributed by atoms with van der Waals surface area (Å²) in [5.74, 6) is 0.790. The van der Waals surface area contributed by atoms with Gasteiger partial charge in [-0.1, -0.05) is 90.4 Å². The van der Waals surface area contributed by atoms with Crippen LogP contribution in [-0.4, -0.2) is 23.9 Å². The number of hydrogen-bond donors (Lipinski definition) is 0. The predicted octanol–water partition coefficient (Wildman–Crippen LogP) is 5.83. The first-order chi connectivity index (χ1) is 10.8. The molecule has 0 aromatic heterocycles. The van der Waals surface area contributed by atoms with E-state index in [9.17, 15) is 0 Å². The van der Waals surface area contributed by atoms with E-state index in [4.69, 9.17) is 0 Å². The molecule has 1 saturated heterocycles. The zero-order valence-corrected chi connectivity index (χ0v) is 15.4. The summed E-state index contributed by atoms with van der Waals surface area (Å²) < 4.78 is 0. The van der Waals surface area contributed by atoms with Gasteiger partial charge in [0.25, 0.3) is 0 Å². The summed E-state index contributed by atoms with van der Waals surface area (Å²) >= 11 is 0. The third-order valence-electron chi connectivity index (χ3n) is 4.86. The van der Waals surface area contributed by atoms with Crippen LogP contribution in [0.5, 0.6) is 0 Å². The lowest BCUT2D eigenvalue weighted by atomic mass is 9.99. The molecule has 0 saturated carbocycles. The van der Waals surface area contributed by atoms with Crippen LogP contribution >= 0.6 is 15.8 Å². The zero-order valence-electron chi connectivity index (χ0n) is 13.7. The first-order valence-corrected chi connectivity index (χ1v) is 11.8. The van der Waals surface area contributed by atoms with Crippen molar-refractivity contribution in [2.45, 2.75) is 31.6 Å². The van der Waals surface area contributed by atoms with Gasteiger partial charge in [0.1, 0.15) is 0 Å². The second-order valence-corrected chi connectivity index (χ2v) is 11.8. The molecule has 2 aromatic rings. The van der Waals surface area contributed by atoms with Crippen LogP contribution in [0.15, 0.2) is 60.7 Å². The summed E-state index contributed by atoms with van der Waals surface area (Å²) in [6.45, 7) is 4.82. The lowest BCUT2D eigenvalue weighted by Crippen LogP contribution is -2.16. The minimum absolute atomic E-state index is 0.0112. The van der Waals surface area contributed by atoms with Crippen LogP contribution in [0.4, 0.5) is 0 Å². The van der Waals surface area contributed by atoms with Gasteiger partial charge in [0.05, 0.1) is 0 Å². The van der Waals surface area contributed by atoms with Crippen molar-refractivity contribution in [3.05, 3.63) is 66.2 Å². The van der Waals surface area contributed by atoms with Crippen LogP contribution in [-0.2, 0) is 0 Å². The monoisotopic (exact) mass is 328 g/mol. The average Bonchev–Trinajstić information content (AvgIpc) is 3.02. The van der Waals surface area contributed by atoms with Crippen molar-refractivity contribution in [2.75, 3.05) is 18.5 Å². The normalized spacial score (nSPS) is 24.8. The van der Waals surface area contributed by atoms with Gasteiger partial charge in [-0.3, -0.25) is 0 Å². The molecule has 3 atom stereocenters. The van der Waals surface area contributed by atoms with Gasteiger partial charge in [-0.05, 0) is 41.7 Å². The van der Waals surface area contributed by atoms with Gasteiger partial charge in [-0.25, -0.2) is 0 Å². The molecular weight excluding hydrogens is 302 g/mol. The van der Waals surface area contributed by atoms with E-state index in [-0.39, 0.29) is 15.8 Å². The third kappa shape index (κ3) is 3.29. The van der Waals surface area contributed by atoms with Crippen molar-refractivity contribution in [2.24, 2.45) is 0 Å². The van der Waals surface area contributed by atoms with Crippen molar-refractivity contribution in [1.82, 2.24) is 0 Å². The Morgan fingerprint density at radius 2 is 1.50 bits per heavy atom. The fourth-order valence-electron chi connectivity index (χ4n) is 3.77. The van der Waals surface area contributed by atoms with Crippen LogP contribution in [0.1, 0.15) is 31.7 Å². The van der Waals surface area contributed by atoms with Crippen LogP contribution in [0.3, 0.4) is 0 Å². The molecule has 3 unspecified atom stereocenters. The Morgan fingerprint density at radius 3 is 2.09 bits per heavy atom. The Hall–Kier alpha value is -0.700. The third-order valence-corrected chi connectivity index (χ3v) is 12.1. The molecule has 2 heteroatoms. The van der Waals surface area contributed by atoms with Crippen LogP contribution in [0.25, 0.3) is 0 Å². The van der Waals surface area contributed by atoms with E-state index in [1.54, 1.807) is 10.9 Å². The second-order valence-electron chi connectivity index (χ2n) is 5.97. The van der Waals surface area contributed by atoms with Crippen molar-refractivity contribution < 1.29 is 0 Å². The minimum atomic E-state index is 0.0112. The highest BCUT2D eigenvalue weighted by molar-refractivity contribution is 7.80. The average molecular weight is 328 g/mol. The van der Waals surface area contributed by atoms with Crippen LogP contribution in [0, 0.1) is 0 Å². The van der Waals surface area contributed by atoms with Crippen molar-refractivity contribution >= 4 is 21.1 Å². The van der Waals surface area contributed by atoms with E-state index in [1.165, 1.54) is 24.9 Å². The predicted molar refractivity (Wildman–Crippen MR) is 103 cm³/mol. The van der Waals surface area contributed by atoms with Crippen molar-refractivity contribution in [1.29, 1.82) is 0 Å². The Bertz CT molecular complexity index is 515. The highest BCUT2D eigenvalue weighted by Gasteiger charge is 2.40. The summed E-state index contributed by atoms with van der Waals surface area (Å²) in [4.78, 5) is 0. The Balaban J connectivity index is 1.95. The minimum Gasteiger partial charge on any atom is -0.0987 e. The first-order valence-electron chi connectivity index (χ1n) is 8.45. The summed E-state index contributed by atoms with van der Waals surface area (Å²) in [5.41, 5.74) is 1.59. The molecule has 1 aliphatic heterocycles. The lowest BCUT2D eigenvalue weighted by Gasteiger charge is -2.33. The molecule has 116 valence electrons. The molecule has 0 bridgehead atoms. The van der Waals surface area contributed by atoms with E-state index in [0.717, 1.165) is 11.3 Å². The first kappa shape index (κ1) is 16.2. The largest absolute Gasteiger partial charge is 0.0987 e. The van der Waals surface area contributed by atoms with E-state index < -0.39 is 0 Å². The van der Waals surface area contributed by atoms with Gasteiger partial charge in [0.15, 0.2) is 0 Å². The maximum atomic E-state index is 2.41. The standard InChI is InChI=1S/C20H26P2/c1-3-21(4-2)20-19(17-11-7-5-8-12-17)15-16-22(20)18-13-9-6-10-14-18/h5-14,19-20H,3-4,15-16H2,1-2H3. The molecule has 0 spiro atoms. The van der Waals surface area contributed by atoms with Crippen molar-refractivity contribution in [3.8, 4) is 0 Å². The van der Waals surface area contributed by atoms with E-state index in [2.05, 4.69) is 74.5 Å². The Labute approximate surface area is 137 Å². The van der Waals surface area contributed by atoms with Gasteiger partial charge < -0.3 is 0 Å². The molecule has 0 radical (unpaired) electrons. The molecule has 0 aliphatic carbocycles. The van der Waals surface area contributed by atoms with Crippen LogP contribution in [0.2, 0.25) is 0 Å². The van der Waals surface area contributed by atoms with Crippen molar-refractivity contribution in [3.63, 3.8) is 0 Å². The Morgan fingerprint density at radius 1 is 0.909 bits per heavy atom. The smallest absolute Gasteiger partial charge is 0.0103 e. The molecule has 22 heavy (non-hydrogen) atoms. The number of hydrogen-bond acceptors (Lipinski definition) is 0. The van der Waals surface area contributed by atoms with Gasteiger partial charge in [-0.15, -0.1) is 0 Å². The highest BCUT2D eigenvalue weighted by atomic mass is 31.2. The number of rotatable bonds is 5. The highest BCUT2D eigenvalue weighted by Crippen LogP contribution is 2.67. The van der Waals surface area contributed by atoms with Gasteiger partial charge >= 0.3 is 0 Å². The molecule has 0 nitrogen and oxygen atoms in total. The molecule has 3 rings (SSSR count). The lowest BCUT2D eigenvalue weighted by molar-refractivity contribution is 0.753. The summed E-state index contributed by atoms with van der Waals surface area (Å²) in [6.07, 6.45) is 5.56. The van der Waals surface area contributed by atoms with E-state index in [0.29, 0.717) is 0 Å². The molecule has 2 aromatic carbocycles. The topological polar surface area (TPSA) is 0 Å². The fraction of sp³-hybridized carbons (Fsp3) is 0.400. The van der Waals surface area contributed by atoms with Gasteiger partial charge in [-0.2, -0.15) is 0 Å². The van der Waals surface area contributed by atoms with Crippen LogP contribution < -0.4 is 5.30 Å². The molecule has 0 amide bonds. The maximum absolute atomic E-state index is 2.41. The number of benzene rings is 2. The Kier molecular flexibility index (Phi) is 5.67. The van der Waals surface area contributed by atoms with E-state index in [1.807, 2.05) is 0 Å². The maximum Gasteiger partial charge on any atom is 0.0103 e. The molecule has 1 fully saturated rings. The SMILES string of the molecule is CCP(CC)C1C(c2ccccc2)CCP1c1ccccc1. The quantitative estimate of drug-likeness (QED) is 0.606. The summed E-state index contributed by atoms with van der Waals surface area (Å²) in [7, 11) is 0.157. The fourth-order valence-corrected chi connectivity index (χ4v) is 11.8. The second kappa shape index (κ2) is 7.72. The molecule has 1 aliphatic rings. The van der Waals surface area contributed by atoms with Gasteiger partial charge in [0.2, 0.25) is 0 Å². The molecule has 0 N–H and O–H groups in total. The summed E-state index contributed by atoms with van der Waals surface area (Å²) in [5, 5.41) is 2.56. The molecule has 1 heterocycles. The molecular formula is C20H26P2. The zero-order chi connectivity index (χ0) is 15.4.